The normalized spacial score (nSPS) is 17.1. The fourth-order valence-corrected chi connectivity index (χ4v) is 10.0. The van der Waals surface area contributed by atoms with Crippen LogP contribution in [0.4, 0.5) is 17.6 Å². The van der Waals surface area contributed by atoms with Crippen LogP contribution in [0.25, 0.3) is 11.1 Å². The first kappa shape index (κ1) is 20.7. The molecule has 1 atom stereocenters. The van der Waals surface area contributed by atoms with Crippen LogP contribution in [0.15, 0.2) is 30.5 Å². The van der Waals surface area contributed by atoms with Crippen LogP contribution >= 0.6 is 22.9 Å². The van der Waals surface area contributed by atoms with E-state index in [1.807, 2.05) is 0 Å². The number of benzene rings is 1. The number of aryl methyl sites for hydroxylation is 1. The second-order valence-electron chi connectivity index (χ2n) is 6.46. The quantitative estimate of drug-likeness (QED) is 0.355. The molecular formula is C17H14ClF4N3OS2Si. The lowest BCUT2D eigenvalue weighted by atomic mass is 10.1. The van der Waals surface area contributed by atoms with Gasteiger partial charge >= 0.3 is 6.18 Å². The molecule has 3 aromatic rings. The highest BCUT2D eigenvalue weighted by atomic mass is 35.5. The highest BCUT2D eigenvalue weighted by molar-refractivity contribution is 7.65. The molecule has 0 amide bonds. The van der Waals surface area contributed by atoms with Gasteiger partial charge < -0.3 is 0 Å². The molecule has 29 heavy (non-hydrogen) atoms. The van der Waals surface area contributed by atoms with Crippen LogP contribution in [0.2, 0.25) is 4.34 Å². The van der Waals surface area contributed by atoms with Crippen molar-refractivity contribution in [2.75, 3.05) is 0 Å². The smallest absolute Gasteiger partial charge is 0.272 e. The van der Waals surface area contributed by atoms with E-state index in [0.29, 0.717) is 16.1 Å². The Hall–Kier alpha value is -1.53. The summed E-state index contributed by atoms with van der Waals surface area (Å²) in [6.07, 6.45) is -3.52. The van der Waals surface area contributed by atoms with Crippen LogP contribution in [-0.2, 0) is 31.1 Å². The van der Waals surface area contributed by atoms with Gasteiger partial charge in [0.05, 0.1) is 16.2 Å². The van der Waals surface area contributed by atoms with E-state index in [1.165, 1.54) is 23.6 Å². The molecule has 2 aromatic heterocycles. The van der Waals surface area contributed by atoms with Crippen molar-refractivity contribution in [3.8, 4) is 11.1 Å². The van der Waals surface area contributed by atoms with E-state index < -0.39 is 26.6 Å². The molecule has 0 saturated carbocycles. The van der Waals surface area contributed by atoms with Gasteiger partial charge in [0, 0.05) is 35.3 Å². The predicted octanol–water partition coefficient (Wildman–Crippen LogP) is 2.96. The van der Waals surface area contributed by atoms with Crippen molar-refractivity contribution >= 4 is 54.1 Å². The minimum absolute atomic E-state index is 0.139. The average Bonchev–Trinajstić information content (AvgIpc) is 3.32. The summed E-state index contributed by atoms with van der Waals surface area (Å²) in [7, 11) is -2.45. The van der Waals surface area contributed by atoms with E-state index >= 15 is 0 Å². The van der Waals surface area contributed by atoms with Crippen molar-refractivity contribution < 1.29 is 21.8 Å². The molecule has 12 heteroatoms. The van der Waals surface area contributed by atoms with Crippen LogP contribution in [0.1, 0.15) is 17.5 Å². The SMILES string of the molecule is CCn1cc(-c2c(F)cccc2[Si@H]2c3cc(Cl)sc3CN2[SH]=O)c(C(F)(F)F)n1. The van der Waals surface area contributed by atoms with Crippen LogP contribution in [-0.4, -0.2) is 26.9 Å². The van der Waals surface area contributed by atoms with E-state index in [4.69, 9.17) is 11.6 Å². The van der Waals surface area contributed by atoms with Crippen molar-refractivity contribution in [2.45, 2.75) is 26.2 Å². The highest BCUT2D eigenvalue weighted by Gasteiger charge is 2.41. The number of thiophene rings is 1. The zero-order chi connectivity index (χ0) is 20.9. The number of hydrogen-bond donors (Lipinski definition) is 1. The molecule has 0 bridgehead atoms. The van der Waals surface area contributed by atoms with Gasteiger partial charge in [-0.05, 0) is 29.4 Å². The molecular weight excluding hydrogens is 466 g/mol. The third-order valence-corrected chi connectivity index (χ3v) is 10.5. The lowest BCUT2D eigenvalue weighted by molar-refractivity contribution is -0.141. The van der Waals surface area contributed by atoms with E-state index in [1.54, 1.807) is 23.0 Å². The molecule has 154 valence electrons. The Labute approximate surface area is 178 Å². The second-order valence-corrected chi connectivity index (χ2v) is 12.0. The molecule has 4 nitrogen and oxygen atoms in total. The van der Waals surface area contributed by atoms with Crippen molar-refractivity contribution in [1.29, 1.82) is 0 Å². The first-order valence-electron chi connectivity index (χ1n) is 8.56. The van der Waals surface area contributed by atoms with E-state index in [-0.39, 0.29) is 29.5 Å². The fraction of sp³-hybridized carbons (Fsp3) is 0.235. The Kier molecular flexibility index (Phi) is 5.45. The maximum atomic E-state index is 15.0. The molecule has 3 heterocycles. The molecule has 1 aliphatic heterocycles. The molecule has 1 aromatic carbocycles. The van der Waals surface area contributed by atoms with Crippen molar-refractivity contribution in [3.05, 3.63) is 51.2 Å². The number of hydrogen-bond acceptors (Lipinski definition) is 3. The van der Waals surface area contributed by atoms with Crippen molar-refractivity contribution in [1.82, 2.24) is 13.8 Å². The van der Waals surface area contributed by atoms with Crippen molar-refractivity contribution in [2.24, 2.45) is 0 Å². The zero-order valence-electron chi connectivity index (χ0n) is 14.9. The van der Waals surface area contributed by atoms with Crippen LogP contribution in [0, 0.1) is 5.82 Å². The summed E-state index contributed by atoms with van der Waals surface area (Å²) in [5, 5.41) is 4.89. The second kappa shape index (κ2) is 7.62. The summed E-state index contributed by atoms with van der Waals surface area (Å²) >= 11 is 7.21. The minimum atomic E-state index is -4.74. The molecule has 0 saturated heterocycles. The summed E-state index contributed by atoms with van der Waals surface area (Å²) in [4.78, 5) is 0.908. The zero-order valence-corrected chi connectivity index (χ0v) is 18.5. The monoisotopic (exact) mass is 479 g/mol. The lowest BCUT2D eigenvalue weighted by Gasteiger charge is -2.21. The molecule has 1 aliphatic rings. The third kappa shape index (κ3) is 3.59. The van der Waals surface area contributed by atoms with Gasteiger partial charge in [-0.15, -0.1) is 11.3 Å². The lowest BCUT2D eigenvalue weighted by Crippen LogP contribution is -2.50. The third-order valence-electron chi connectivity index (χ3n) is 4.78. The topological polar surface area (TPSA) is 38.1 Å². The summed E-state index contributed by atoms with van der Waals surface area (Å²) in [6.45, 7) is 2.23. The van der Waals surface area contributed by atoms with Gasteiger partial charge in [-0.25, -0.2) is 12.6 Å². The molecule has 0 N–H and O–H groups in total. The van der Waals surface area contributed by atoms with Gasteiger partial charge in [-0.3, -0.25) is 4.68 Å². The Morgan fingerprint density at radius 1 is 1.34 bits per heavy atom. The van der Waals surface area contributed by atoms with Crippen molar-refractivity contribution in [3.63, 3.8) is 0 Å². The first-order valence-corrected chi connectivity index (χ1v) is 12.2. The Morgan fingerprint density at radius 3 is 2.76 bits per heavy atom. The Bertz CT molecular complexity index is 1100. The van der Waals surface area contributed by atoms with Gasteiger partial charge in [0.1, 0.15) is 5.82 Å². The molecule has 0 unspecified atom stereocenters. The number of aromatic nitrogens is 2. The largest absolute Gasteiger partial charge is 0.435 e. The number of nitrogens with zero attached hydrogens (tertiary/aromatic N) is 3. The molecule has 0 fully saturated rings. The molecule has 0 spiro atoms. The Balaban J connectivity index is 1.97. The first-order chi connectivity index (χ1) is 13.7. The molecule has 0 radical (unpaired) electrons. The minimum Gasteiger partial charge on any atom is -0.272 e. The molecule has 4 rings (SSSR count). The van der Waals surface area contributed by atoms with Gasteiger partial charge in [-0.2, -0.15) is 18.3 Å². The number of alkyl halides is 3. The summed E-state index contributed by atoms with van der Waals surface area (Å²) in [6, 6.07) is 5.95. The summed E-state index contributed by atoms with van der Waals surface area (Å²) in [5.41, 5.74) is -1.58. The standard InChI is InChI=1S/C17H14ClF4N3OS2Si/c1-2-24-7-9(16(23-24)17(20,21)22)15-10(19)4-3-5-12(15)29-13-6-14(18)27-11(13)8-25(29)28-26/h3-7,28-29H,2,8H2,1H3/t29-/m0/s1. The number of thiol groups is 1. The number of rotatable bonds is 4. The highest BCUT2D eigenvalue weighted by Crippen LogP contribution is 2.37. The average molecular weight is 480 g/mol. The van der Waals surface area contributed by atoms with Gasteiger partial charge in [0.2, 0.25) is 0 Å². The van der Waals surface area contributed by atoms with Crippen LogP contribution in [0.5, 0.6) is 0 Å². The molecule has 0 aliphatic carbocycles. The summed E-state index contributed by atoms with van der Waals surface area (Å²) < 4.78 is 71.0. The maximum Gasteiger partial charge on any atom is 0.435 e. The van der Waals surface area contributed by atoms with Crippen LogP contribution < -0.4 is 10.4 Å². The fourth-order valence-electron chi connectivity index (χ4n) is 3.60. The Morgan fingerprint density at radius 2 is 2.10 bits per heavy atom. The predicted molar refractivity (Wildman–Crippen MR) is 109 cm³/mol. The van der Waals surface area contributed by atoms with Gasteiger partial charge in [0.15, 0.2) is 14.7 Å². The maximum absolute atomic E-state index is 15.0. The van der Waals surface area contributed by atoms with E-state index in [2.05, 4.69) is 5.10 Å². The number of fused-ring (bicyclic) bond motifs is 1. The summed E-state index contributed by atoms with van der Waals surface area (Å²) in [5.74, 6) is -0.770. The number of halogens is 5. The van der Waals surface area contributed by atoms with Gasteiger partial charge in [-0.1, -0.05) is 23.7 Å². The van der Waals surface area contributed by atoms with Gasteiger partial charge in [0.25, 0.3) is 0 Å². The van der Waals surface area contributed by atoms with E-state index in [0.717, 1.165) is 20.8 Å². The van der Waals surface area contributed by atoms with Crippen LogP contribution in [0.3, 0.4) is 0 Å². The van der Waals surface area contributed by atoms with E-state index in [9.17, 15) is 21.8 Å².